The second-order valence-corrected chi connectivity index (χ2v) is 11.9. The number of carbonyl (C=O) groups excluding carboxylic acids is 1. The van der Waals surface area contributed by atoms with E-state index in [1.165, 1.54) is 27.7 Å². The number of piperazine rings is 1. The number of aromatic nitrogens is 3. The Balaban J connectivity index is 1.86. The Hall–Kier alpha value is -4.37. The van der Waals surface area contributed by atoms with E-state index in [9.17, 15) is 14.0 Å². The summed E-state index contributed by atoms with van der Waals surface area (Å²) >= 11 is 6.92. The maximum absolute atomic E-state index is 15.6. The van der Waals surface area contributed by atoms with Crippen LogP contribution in [0.2, 0.25) is 5.02 Å². The van der Waals surface area contributed by atoms with Crippen LogP contribution in [0.3, 0.4) is 0 Å². The van der Waals surface area contributed by atoms with Gasteiger partial charge >= 0.3 is 5.69 Å². The van der Waals surface area contributed by atoms with Crippen LogP contribution in [0.1, 0.15) is 53.2 Å². The molecule has 0 radical (unpaired) electrons. The molecule has 44 heavy (non-hydrogen) atoms. The highest BCUT2D eigenvalue weighted by molar-refractivity contribution is 6.34. The zero-order chi connectivity index (χ0) is 33.6. The van der Waals surface area contributed by atoms with Gasteiger partial charge in [-0.2, -0.15) is 4.98 Å². The van der Waals surface area contributed by atoms with Crippen LogP contribution in [0.5, 0.6) is 0 Å². The Kier molecular flexibility index (Phi) is 7.72. The zero-order valence-corrected chi connectivity index (χ0v) is 25.9. The van der Waals surface area contributed by atoms with Crippen molar-refractivity contribution in [3.05, 3.63) is 99.7 Å². The van der Waals surface area contributed by atoms with E-state index >= 15 is 4.39 Å². The van der Waals surface area contributed by atoms with Crippen molar-refractivity contribution in [1.29, 1.82) is 0 Å². The quantitative estimate of drug-likeness (QED) is 0.213. The van der Waals surface area contributed by atoms with Gasteiger partial charge in [-0.3, -0.25) is 14.3 Å². The van der Waals surface area contributed by atoms with Gasteiger partial charge in [0.15, 0.2) is 5.83 Å². The average Bonchev–Trinajstić information content (AvgIpc) is 2.96. The van der Waals surface area contributed by atoms with E-state index in [1.54, 1.807) is 30.5 Å². The Bertz CT molecular complexity index is 1960. The van der Waals surface area contributed by atoms with Crippen molar-refractivity contribution in [2.45, 2.75) is 52.6 Å². The van der Waals surface area contributed by atoms with Crippen LogP contribution < -0.4 is 10.6 Å². The standard InChI is InChI=1S/C34H34ClF2N5O2/c1-8-23-10-9-11-27(37)29(23)24-15-28-25(14-26(24)35)32(41-20(5)16-40(17-21(41)6)33(43)22(7)36)39-34(44)42(28)31-19(4)12-13-38-30(31)18(2)3/h8-15,18,20-21H,1,7,16-17H2,2-6H3/t20-,21-/m0/s1/i1D2. The molecule has 0 bridgehead atoms. The highest BCUT2D eigenvalue weighted by atomic mass is 35.5. The molecule has 0 N–H and O–H groups in total. The first-order valence-corrected chi connectivity index (χ1v) is 14.7. The molecular weight excluding hydrogens is 584 g/mol. The molecule has 228 valence electrons. The first-order valence-electron chi connectivity index (χ1n) is 15.3. The van der Waals surface area contributed by atoms with Gasteiger partial charge in [-0.25, -0.2) is 13.6 Å². The van der Waals surface area contributed by atoms with Crippen molar-refractivity contribution in [3.8, 4) is 16.8 Å². The fraction of sp³-hybridized carbons (Fsp3) is 0.294. The predicted octanol–water partition coefficient (Wildman–Crippen LogP) is 7.22. The number of carbonyl (C=O) groups is 1. The number of rotatable bonds is 6. The van der Waals surface area contributed by atoms with Crippen molar-refractivity contribution >= 4 is 40.3 Å². The SMILES string of the molecule is [2H]C([2H])=Cc1cccc(F)c1-c1cc2c(cc1Cl)c(N1[C@@H](C)CN(C(=O)C(=C)F)C[C@@H]1C)nc(=O)n2-c1c(C)ccnc1C(C)C. The van der Waals surface area contributed by atoms with E-state index in [2.05, 4.69) is 16.5 Å². The molecule has 2 atom stereocenters. The van der Waals surface area contributed by atoms with Gasteiger partial charge in [0, 0.05) is 52.9 Å². The summed E-state index contributed by atoms with van der Waals surface area (Å²) in [6, 6.07) is 8.65. The fourth-order valence-corrected chi connectivity index (χ4v) is 6.40. The number of nitrogens with zero attached hydrogens (tertiary/aromatic N) is 5. The maximum atomic E-state index is 15.6. The lowest BCUT2D eigenvalue weighted by Crippen LogP contribution is -2.59. The van der Waals surface area contributed by atoms with Gasteiger partial charge in [0.1, 0.15) is 11.6 Å². The van der Waals surface area contributed by atoms with E-state index in [1.807, 2.05) is 39.5 Å². The fourth-order valence-electron chi connectivity index (χ4n) is 6.14. The molecule has 0 saturated carbocycles. The summed E-state index contributed by atoms with van der Waals surface area (Å²) in [6.45, 7) is 12.5. The molecule has 2 aromatic heterocycles. The lowest BCUT2D eigenvalue weighted by atomic mass is 9.97. The highest BCUT2D eigenvalue weighted by Crippen LogP contribution is 2.40. The van der Waals surface area contributed by atoms with Gasteiger partial charge in [0.25, 0.3) is 5.91 Å². The number of pyridine rings is 1. The van der Waals surface area contributed by atoms with E-state index < -0.39 is 29.8 Å². The third-order valence-corrected chi connectivity index (χ3v) is 8.35. The Morgan fingerprint density at radius 2 is 1.91 bits per heavy atom. The van der Waals surface area contributed by atoms with Gasteiger partial charge < -0.3 is 9.80 Å². The van der Waals surface area contributed by atoms with Gasteiger partial charge in [-0.1, -0.05) is 56.8 Å². The van der Waals surface area contributed by atoms with Crippen LogP contribution in [-0.2, 0) is 4.79 Å². The molecule has 1 saturated heterocycles. The van der Waals surface area contributed by atoms with Gasteiger partial charge in [-0.05, 0) is 62.1 Å². The van der Waals surface area contributed by atoms with Crippen LogP contribution in [0.4, 0.5) is 14.6 Å². The molecule has 0 aliphatic carbocycles. The van der Waals surface area contributed by atoms with Crippen molar-refractivity contribution in [2.24, 2.45) is 0 Å². The summed E-state index contributed by atoms with van der Waals surface area (Å²) in [4.78, 5) is 39.1. The van der Waals surface area contributed by atoms with Crippen LogP contribution in [0.15, 0.2) is 66.3 Å². The molecule has 1 aliphatic rings. The summed E-state index contributed by atoms with van der Waals surface area (Å²) < 4.78 is 46.2. The molecule has 0 unspecified atom stereocenters. The number of fused-ring (bicyclic) bond motifs is 1. The Labute approximate surface area is 262 Å². The predicted molar refractivity (Wildman–Crippen MR) is 173 cm³/mol. The number of hydrogen-bond acceptors (Lipinski definition) is 5. The van der Waals surface area contributed by atoms with E-state index in [-0.39, 0.29) is 52.8 Å². The molecule has 7 nitrogen and oxygen atoms in total. The molecule has 1 fully saturated rings. The van der Waals surface area contributed by atoms with Crippen molar-refractivity contribution in [1.82, 2.24) is 19.4 Å². The Morgan fingerprint density at radius 1 is 1.20 bits per heavy atom. The largest absolute Gasteiger partial charge is 0.354 e. The number of aryl methyl sites for hydroxylation is 1. The van der Waals surface area contributed by atoms with E-state index in [0.717, 1.165) is 5.56 Å². The number of halogens is 3. The third-order valence-electron chi connectivity index (χ3n) is 8.04. The van der Waals surface area contributed by atoms with Gasteiger partial charge in [0.05, 0.1) is 19.6 Å². The minimum atomic E-state index is -1.04. The lowest BCUT2D eigenvalue weighted by Gasteiger charge is -2.45. The molecule has 4 aromatic rings. The average molecular weight is 620 g/mol. The van der Waals surface area contributed by atoms with Crippen LogP contribution in [0, 0.1) is 12.7 Å². The number of hydrogen-bond donors (Lipinski definition) is 0. The highest BCUT2D eigenvalue weighted by Gasteiger charge is 2.35. The Morgan fingerprint density at radius 3 is 2.55 bits per heavy atom. The van der Waals surface area contributed by atoms with Crippen LogP contribution >= 0.6 is 11.6 Å². The maximum Gasteiger partial charge on any atom is 0.354 e. The van der Waals surface area contributed by atoms with E-state index in [4.69, 9.17) is 14.3 Å². The molecular formula is C34H34ClF2N5O2. The molecule has 2 aromatic carbocycles. The van der Waals surface area contributed by atoms with Crippen LogP contribution in [0.25, 0.3) is 33.8 Å². The molecule has 1 aliphatic heterocycles. The smallest absolute Gasteiger partial charge is 0.347 e. The second kappa shape index (κ2) is 12.0. The summed E-state index contributed by atoms with van der Waals surface area (Å²) in [5.41, 5.74) is 2.39. The van der Waals surface area contributed by atoms with Gasteiger partial charge in [0.2, 0.25) is 0 Å². The first kappa shape index (κ1) is 28.4. The zero-order valence-electron chi connectivity index (χ0n) is 27.2. The minimum Gasteiger partial charge on any atom is -0.347 e. The normalized spacial score (nSPS) is 17.5. The molecule has 0 spiro atoms. The van der Waals surface area contributed by atoms with Crippen molar-refractivity contribution < 1.29 is 16.3 Å². The summed E-state index contributed by atoms with van der Waals surface area (Å²) in [5, 5.41) is 0.654. The first-order chi connectivity index (χ1) is 21.7. The second-order valence-electron chi connectivity index (χ2n) is 11.5. The summed E-state index contributed by atoms with van der Waals surface area (Å²) in [5.74, 6) is -2.19. The van der Waals surface area contributed by atoms with Crippen molar-refractivity contribution in [2.75, 3.05) is 18.0 Å². The number of benzene rings is 2. The van der Waals surface area contributed by atoms with Crippen molar-refractivity contribution in [3.63, 3.8) is 0 Å². The summed E-state index contributed by atoms with van der Waals surface area (Å²) in [6.07, 6.45) is 2.90. The lowest BCUT2D eigenvalue weighted by molar-refractivity contribution is -0.129. The topological polar surface area (TPSA) is 71.3 Å². The summed E-state index contributed by atoms with van der Waals surface area (Å²) in [7, 11) is 0. The molecule has 1 amide bonds. The monoisotopic (exact) mass is 619 g/mol. The minimum absolute atomic E-state index is 0.0601. The van der Waals surface area contributed by atoms with Gasteiger partial charge in [-0.15, -0.1) is 0 Å². The molecule has 5 rings (SSSR count). The van der Waals surface area contributed by atoms with E-state index in [0.29, 0.717) is 28.1 Å². The number of anilines is 1. The number of amides is 1. The molecule has 10 heteroatoms. The van der Waals surface area contributed by atoms with Crippen LogP contribution in [-0.4, -0.2) is 50.5 Å². The molecule has 3 heterocycles. The third kappa shape index (κ3) is 5.30.